The highest BCUT2D eigenvalue weighted by molar-refractivity contribution is 6.29. The lowest BCUT2D eigenvalue weighted by Gasteiger charge is -2.10. The van der Waals surface area contributed by atoms with Gasteiger partial charge in [0.05, 0.1) is 0 Å². The zero-order chi connectivity index (χ0) is 11.1. The second-order valence-corrected chi connectivity index (χ2v) is 3.23. The molecular weight excluding hydrogens is 198 g/mol. The van der Waals surface area contributed by atoms with Gasteiger partial charge in [0, 0.05) is 14.1 Å². The maximum Gasteiger partial charge on any atom is 0.132 e. The lowest BCUT2D eigenvalue weighted by Crippen LogP contribution is -2.06. The molecular formula is C10H12ClN3. The molecule has 0 radical (unpaired) electrons. The predicted octanol–water partition coefficient (Wildman–Crippen LogP) is 2.38. The summed E-state index contributed by atoms with van der Waals surface area (Å²) in [6.07, 6.45) is 2.25. The van der Waals surface area contributed by atoms with Crippen LogP contribution in [0.5, 0.6) is 0 Å². The Morgan fingerprint density at radius 3 is 2.14 bits per heavy atom. The number of hydrogen-bond donors (Lipinski definition) is 0. The Morgan fingerprint density at radius 1 is 1.36 bits per heavy atom. The van der Waals surface area contributed by atoms with Crippen molar-refractivity contribution in [2.24, 2.45) is 0 Å². The molecule has 0 amide bonds. The Morgan fingerprint density at radius 2 is 1.86 bits per heavy atom. The van der Waals surface area contributed by atoms with Gasteiger partial charge in [0.15, 0.2) is 0 Å². The van der Waals surface area contributed by atoms with Crippen LogP contribution >= 0.6 is 11.6 Å². The van der Waals surface area contributed by atoms with E-state index < -0.39 is 0 Å². The van der Waals surface area contributed by atoms with Crippen LogP contribution < -0.4 is 0 Å². The molecule has 0 aliphatic heterocycles. The Labute approximate surface area is 89.5 Å². The number of rotatable bonds is 3. The van der Waals surface area contributed by atoms with E-state index in [0.29, 0.717) is 17.2 Å². The van der Waals surface area contributed by atoms with Crippen LogP contribution in [0.1, 0.15) is 13.3 Å². The van der Waals surface area contributed by atoms with Crippen LogP contribution in [0.3, 0.4) is 0 Å². The fourth-order valence-electron chi connectivity index (χ4n) is 0.792. The van der Waals surface area contributed by atoms with Crippen molar-refractivity contribution < 1.29 is 0 Å². The summed E-state index contributed by atoms with van der Waals surface area (Å²) in [5, 5.41) is 17.8. The van der Waals surface area contributed by atoms with Gasteiger partial charge in [-0.3, -0.25) is 0 Å². The van der Waals surface area contributed by atoms with Crippen LogP contribution in [0.4, 0.5) is 0 Å². The van der Waals surface area contributed by atoms with Crippen LogP contribution in [0.15, 0.2) is 22.4 Å². The number of halogens is 1. The molecule has 0 bridgehead atoms. The Bertz CT molecular complexity index is 323. The highest BCUT2D eigenvalue weighted by Crippen LogP contribution is 2.15. The van der Waals surface area contributed by atoms with Gasteiger partial charge in [-0.25, -0.2) is 0 Å². The van der Waals surface area contributed by atoms with Gasteiger partial charge < -0.3 is 4.90 Å². The van der Waals surface area contributed by atoms with Gasteiger partial charge in [0.25, 0.3) is 0 Å². The highest BCUT2D eigenvalue weighted by Gasteiger charge is 2.03. The van der Waals surface area contributed by atoms with E-state index in [1.165, 1.54) is 0 Å². The van der Waals surface area contributed by atoms with Gasteiger partial charge in [-0.2, -0.15) is 10.5 Å². The Balaban J connectivity index is 5.15. The molecule has 0 N–H and O–H groups in total. The summed E-state index contributed by atoms with van der Waals surface area (Å²) in [5.41, 5.74) is 0.779. The smallest absolute Gasteiger partial charge is 0.132 e. The second-order valence-electron chi connectivity index (χ2n) is 2.84. The minimum atomic E-state index is 0.118. The number of hydrogen-bond acceptors (Lipinski definition) is 3. The van der Waals surface area contributed by atoms with Gasteiger partial charge in [0.1, 0.15) is 22.9 Å². The molecule has 0 aromatic heterocycles. The van der Waals surface area contributed by atoms with Crippen LogP contribution in [0.25, 0.3) is 0 Å². The van der Waals surface area contributed by atoms with Crippen LogP contribution in [-0.2, 0) is 0 Å². The summed E-state index contributed by atoms with van der Waals surface area (Å²) in [7, 11) is 3.59. The van der Waals surface area contributed by atoms with Crippen molar-refractivity contribution in [3.8, 4) is 12.1 Å². The third kappa shape index (κ3) is 3.51. The fraction of sp³-hybridized carbons (Fsp3) is 0.400. The van der Waals surface area contributed by atoms with Crippen molar-refractivity contribution in [1.82, 2.24) is 4.90 Å². The summed E-state index contributed by atoms with van der Waals surface area (Å²) in [6, 6.07) is 3.69. The molecule has 0 atom stereocenters. The SMILES string of the molecule is CCC(/C=C(\Cl)N(C)C)=C(C#N)C#N. The zero-order valence-electron chi connectivity index (χ0n) is 8.50. The van der Waals surface area contributed by atoms with Crippen LogP contribution in [0, 0.1) is 22.7 Å². The minimum absolute atomic E-state index is 0.118. The lowest BCUT2D eigenvalue weighted by atomic mass is 10.1. The molecule has 0 saturated heterocycles. The van der Waals surface area contributed by atoms with Crippen molar-refractivity contribution in [1.29, 1.82) is 10.5 Å². The van der Waals surface area contributed by atoms with Crippen LogP contribution in [0.2, 0.25) is 0 Å². The second kappa shape index (κ2) is 6.07. The molecule has 0 aliphatic rings. The van der Waals surface area contributed by atoms with Gasteiger partial charge in [-0.15, -0.1) is 0 Å². The Kier molecular flexibility index (Phi) is 5.44. The summed E-state index contributed by atoms with van der Waals surface area (Å²) < 4.78 is 0. The van der Waals surface area contributed by atoms with Gasteiger partial charge in [-0.05, 0) is 18.1 Å². The monoisotopic (exact) mass is 209 g/mol. The highest BCUT2D eigenvalue weighted by atomic mass is 35.5. The van der Waals surface area contributed by atoms with E-state index in [1.54, 1.807) is 25.1 Å². The maximum atomic E-state index is 8.66. The predicted molar refractivity (Wildman–Crippen MR) is 56.2 cm³/mol. The molecule has 4 heteroatoms. The minimum Gasteiger partial charge on any atom is -0.368 e. The first kappa shape index (κ1) is 12.6. The first-order chi connectivity index (χ1) is 6.56. The van der Waals surface area contributed by atoms with Crippen molar-refractivity contribution in [3.63, 3.8) is 0 Å². The van der Waals surface area contributed by atoms with Crippen molar-refractivity contribution >= 4 is 11.6 Å². The zero-order valence-corrected chi connectivity index (χ0v) is 9.26. The standard InChI is InChI=1S/C10H12ClN3/c1-4-8(9(6-12)7-13)5-10(11)14(2)3/h5H,4H2,1-3H3/b10-5+. The van der Waals surface area contributed by atoms with Crippen molar-refractivity contribution in [3.05, 3.63) is 22.4 Å². The first-order valence-electron chi connectivity index (χ1n) is 4.14. The van der Waals surface area contributed by atoms with Crippen molar-refractivity contribution in [2.45, 2.75) is 13.3 Å². The van der Waals surface area contributed by atoms with E-state index >= 15 is 0 Å². The topological polar surface area (TPSA) is 50.8 Å². The maximum absolute atomic E-state index is 8.66. The van der Waals surface area contributed by atoms with Gasteiger partial charge in [-0.1, -0.05) is 18.5 Å². The number of allylic oxidation sites excluding steroid dienone is 3. The molecule has 74 valence electrons. The van der Waals surface area contributed by atoms with E-state index in [-0.39, 0.29) is 5.57 Å². The summed E-state index contributed by atoms with van der Waals surface area (Å²) in [6.45, 7) is 1.88. The van der Waals surface area contributed by atoms with Gasteiger partial charge >= 0.3 is 0 Å². The summed E-state index contributed by atoms with van der Waals surface area (Å²) >= 11 is 5.88. The molecule has 3 nitrogen and oxygen atoms in total. The third-order valence-corrected chi connectivity index (χ3v) is 2.09. The molecule has 0 aromatic rings. The van der Waals surface area contributed by atoms with Crippen LogP contribution in [-0.4, -0.2) is 19.0 Å². The molecule has 0 unspecified atom stereocenters. The molecule has 0 aromatic carbocycles. The number of nitrogens with zero attached hydrogens (tertiary/aromatic N) is 3. The summed E-state index contributed by atoms with van der Waals surface area (Å²) in [4.78, 5) is 1.71. The van der Waals surface area contributed by atoms with E-state index in [0.717, 1.165) is 0 Å². The lowest BCUT2D eigenvalue weighted by molar-refractivity contribution is 0.546. The average molecular weight is 210 g/mol. The molecule has 0 rings (SSSR count). The summed E-state index contributed by atoms with van der Waals surface area (Å²) in [5.74, 6) is 0. The first-order valence-corrected chi connectivity index (χ1v) is 4.52. The van der Waals surface area contributed by atoms with E-state index in [9.17, 15) is 0 Å². The largest absolute Gasteiger partial charge is 0.368 e. The van der Waals surface area contributed by atoms with E-state index in [1.807, 2.05) is 19.1 Å². The normalized spacial score (nSPS) is 10.0. The molecule has 14 heavy (non-hydrogen) atoms. The third-order valence-electron chi connectivity index (χ3n) is 1.65. The van der Waals surface area contributed by atoms with E-state index in [4.69, 9.17) is 22.1 Å². The van der Waals surface area contributed by atoms with Crippen molar-refractivity contribution in [2.75, 3.05) is 14.1 Å². The number of nitriles is 2. The quantitative estimate of drug-likeness (QED) is 0.407. The van der Waals surface area contributed by atoms with E-state index in [2.05, 4.69) is 0 Å². The molecule has 0 saturated carbocycles. The fourth-order valence-corrected chi connectivity index (χ4v) is 0.924. The Hall–Kier alpha value is -1.45. The molecule has 0 spiro atoms. The molecule has 0 heterocycles. The average Bonchev–Trinajstić information content (AvgIpc) is 2.17. The molecule has 0 fully saturated rings. The molecule has 0 aliphatic carbocycles. The van der Waals surface area contributed by atoms with Gasteiger partial charge in [0.2, 0.25) is 0 Å².